The highest BCUT2D eigenvalue weighted by Crippen LogP contribution is 2.38. The van der Waals surface area contributed by atoms with Crippen LogP contribution in [0.2, 0.25) is 0 Å². The molecule has 4 amide bonds. The van der Waals surface area contributed by atoms with Crippen LogP contribution in [0.3, 0.4) is 0 Å². The molecule has 36 heavy (non-hydrogen) atoms. The first-order chi connectivity index (χ1) is 17.5. The lowest BCUT2D eigenvalue weighted by molar-refractivity contribution is -0.136. The maximum atomic E-state index is 13.5. The number of anilines is 2. The van der Waals surface area contributed by atoms with Gasteiger partial charge in [-0.3, -0.25) is 34.5 Å². The van der Waals surface area contributed by atoms with Gasteiger partial charge in [0.15, 0.2) is 0 Å². The number of aromatic nitrogens is 2. The van der Waals surface area contributed by atoms with Crippen molar-refractivity contribution in [2.24, 2.45) is 5.92 Å². The predicted molar refractivity (Wildman–Crippen MR) is 130 cm³/mol. The van der Waals surface area contributed by atoms with E-state index in [9.17, 15) is 19.2 Å². The Labute approximate surface area is 206 Å². The van der Waals surface area contributed by atoms with Crippen LogP contribution in [-0.2, 0) is 9.59 Å². The number of nitrogens with one attached hydrogen (secondary N) is 3. The smallest absolute Gasteiger partial charge is 0.264 e. The van der Waals surface area contributed by atoms with Crippen LogP contribution in [0, 0.1) is 5.92 Å². The summed E-state index contributed by atoms with van der Waals surface area (Å²) in [6.07, 6.45) is 3.79. The Kier molecular flexibility index (Phi) is 5.28. The SMILES string of the molecule is O=C1CCC(N2C(=O)c3cccc(NC(c4cn[nH]c4)C4CN(c5ccccc5)C4)c3C2=O)C(=O)N1. The van der Waals surface area contributed by atoms with Crippen LogP contribution in [-0.4, -0.2) is 57.9 Å². The van der Waals surface area contributed by atoms with Crippen LogP contribution in [0.4, 0.5) is 11.4 Å². The zero-order valence-corrected chi connectivity index (χ0v) is 19.3. The first-order valence-corrected chi connectivity index (χ1v) is 11.9. The number of nitrogens with zero attached hydrogens (tertiary/aromatic N) is 3. The highest BCUT2D eigenvalue weighted by Gasteiger charge is 2.46. The number of piperidine rings is 1. The largest absolute Gasteiger partial charge is 0.377 e. The van der Waals surface area contributed by atoms with E-state index in [2.05, 4.69) is 37.9 Å². The van der Waals surface area contributed by atoms with E-state index in [4.69, 9.17) is 0 Å². The molecule has 2 saturated heterocycles. The molecular weight excluding hydrogens is 460 g/mol. The minimum absolute atomic E-state index is 0.0804. The molecule has 182 valence electrons. The molecule has 3 N–H and O–H groups in total. The fraction of sp³-hybridized carbons (Fsp3) is 0.269. The molecule has 2 unspecified atom stereocenters. The van der Waals surface area contributed by atoms with Crippen molar-refractivity contribution < 1.29 is 19.2 Å². The van der Waals surface area contributed by atoms with Crippen LogP contribution in [0.25, 0.3) is 0 Å². The molecule has 3 aliphatic heterocycles. The average molecular weight is 485 g/mol. The summed E-state index contributed by atoms with van der Waals surface area (Å²) in [5.74, 6) is -1.84. The zero-order chi connectivity index (χ0) is 24.8. The maximum Gasteiger partial charge on any atom is 0.264 e. The second-order valence-electron chi connectivity index (χ2n) is 9.33. The Morgan fingerprint density at radius 3 is 2.50 bits per heavy atom. The van der Waals surface area contributed by atoms with Gasteiger partial charge in [0.1, 0.15) is 6.04 Å². The van der Waals surface area contributed by atoms with E-state index < -0.39 is 29.7 Å². The summed E-state index contributed by atoms with van der Waals surface area (Å²) < 4.78 is 0. The summed E-state index contributed by atoms with van der Waals surface area (Å²) in [6, 6.07) is 14.1. The van der Waals surface area contributed by atoms with E-state index in [-0.39, 0.29) is 35.9 Å². The monoisotopic (exact) mass is 484 g/mol. The van der Waals surface area contributed by atoms with Gasteiger partial charge < -0.3 is 10.2 Å². The number of carbonyl (C=O) groups is 4. The molecule has 10 nitrogen and oxygen atoms in total. The Bertz CT molecular complexity index is 1350. The lowest BCUT2D eigenvalue weighted by Gasteiger charge is -2.45. The summed E-state index contributed by atoms with van der Waals surface area (Å²) >= 11 is 0. The lowest BCUT2D eigenvalue weighted by atomic mass is 9.87. The number of amides is 4. The van der Waals surface area contributed by atoms with Gasteiger partial charge in [-0.15, -0.1) is 0 Å². The maximum absolute atomic E-state index is 13.5. The van der Waals surface area contributed by atoms with Crippen LogP contribution >= 0.6 is 0 Å². The van der Waals surface area contributed by atoms with Gasteiger partial charge in [0.25, 0.3) is 11.8 Å². The molecule has 0 saturated carbocycles. The minimum Gasteiger partial charge on any atom is -0.377 e. The van der Waals surface area contributed by atoms with E-state index in [0.29, 0.717) is 5.69 Å². The number of benzene rings is 2. The molecule has 0 bridgehead atoms. The number of rotatable bonds is 6. The third-order valence-corrected chi connectivity index (χ3v) is 7.16. The van der Waals surface area contributed by atoms with Gasteiger partial charge in [-0.05, 0) is 30.7 Å². The minimum atomic E-state index is -1.00. The number of H-pyrrole nitrogens is 1. The molecule has 2 fully saturated rings. The number of fused-ring (bicyclic) bond motifs is 1. The predicted octanol–water partition coefficient (Wildman–Crippen LogP) is 2.10. The van der Waals surface area contributed by atoms with E-state index >= 15 is 0 Å². The van der Waals surface area contributed by atoms with Crippen molar-refractivity contribution in [2.75, 3.05) is 23.3 Å². The highest BCUT2D eigenvalue weighted by molar-refractivity contribution is 6.25. The number of hydrogen-bond acceptors (Lipinski definition) is 7. The molecule has 2 atom stereocenters. The van der Waals surface area contributed by atoms with Crippen molar-refractivity contribution >= 4 is 35.0 Å². The molecule has 2 aromatic carbocycles. The van der Waals surface area contributed by atoms with Crippen molar-refractivity contribution in [3.63, 3.8) is 0 Å². The van der Waals surface area contributed by atoms with Gasteiger partial charge >= 0.3 is 0 Å². The van der Waals surface area contributed by atoms with Gasteiger partial charge in [-0.2, -0.15) is 5.10 Å². The topological polar surface area (TPSA) is 128 Å². The summed E-state index contributed by atoms with van der Waals surface area (Å²) in [5, 5.41) is 12.7. The standard InChI is InChI=1S/C26H24N6O4/c33-21-10-9-20(24(34)30-21)32-25(35)18-7-4-8-19(22(18)26(32)36)29-23(15-11-27-28-12-15)16-13-31(14-16)17-5-2-1-3-6-17/h1-8,11-12,16,20,23,29H,9-10,13-14H2,(H,27,28)(H,30,33,34). The average Bonchev–Trinajstić information content (AvgIpc) is 3.47. The van der Waals surface area contributed by atoms with Gasteiger partial charge in [0, 0.05) is 48.6 Å². The summed E-state index contributed by atoms with van der Waals surface area (Å²) in [6.45, 7) is 1.63. The number of imide groups is 2. The molecule has 4 heterocycles. The van der Waals surface area contributed by atoms with Crippen LogP contribution in [0.5, 0.6) is 0 Å². The number of hydrogen-bond donors (Lipinski definition) is 3. The summed E-state index contributed by atoms with van der Waals surface area (Å²) in [4.78, 5) is 54.0. The number of aromatic amines is 1. The third kappa shape index (κ3) is 3.62. The van der Waals surface area contributed by atoms with Crippen LogP contribution < -0.4 is 15.5 Å². The molecule has 10 heteroatoms. The first kappa shape index (κ1) is 22.0. The highest BCUT2D eigenvalue weighted by atomic mass is 16.2. The Balaban J connectivity index is 1.27. The first-order valence-electron chi connectivity index (χ1n) is 11.9. The summed E-state index contributed by atoms with van der Waals surface area (Å²) in [5.41, 5.74) is 3.13. The van der Waals surface area contributed by atoms with Gasteiger partial charge in [0.2, 0.25) is 11.8 Å². The normalized spacial score (nSPS) is 20.7. The Morgan fingerprint density at radius 2 is 1.78 bits per heavy atom. The molecule has 0 spiro atoms. The van der Waals surface area contributed by atoms with E-state index in [0.717, 1.165) is 29.2 Å². The van der Waals surface area contributed by atoms with Crippen LogP contribution in [0.1, 0.15) is 45.2 Å². The third-order valence-electron chi connectivity index (χ3n) is 7.16. The van der Waals surface area contributed by atoms with Crippen molar-refractivity contribution in [3.05, 3.63) is 77.6 Å². The molecule has 3 aliphatic rings. The van der Waals surface area contributed by atoms with Crippen molar-refractivity contribution in [2.45, 2.75) is 24.9 Å². The molecule has 0 aliphatic carbocycles. The fourth-order valence-corrected chi connectivity index (χ4v) is 5.28. The number of carbonyl (C=O) groups excluding carboxylic acids is 4. The van der Waals surface area contributed by atoms with Gasteiger partial charge in [-0.25, -0.2) is 0 Å². The summed E-state index contributed by atoms with van der Waals surface area (Å²) in [7, 11) is 0. The lowest BCUT2D eigenvalue weighted by Crippen LogP contribution is -2.54. The van der Waals surface area contributed by atoms with Crippen molar-refractivity contribution in [1.82, 2.24) is 20.4 Å². The second-order valence-corrected chi connectivity index (χ2v) is 9.33. The van der Waals surface area contributed by atoms with Crippen molar-refractivity contribution in [1.29, 1.82) is 0 Å². The van der Waals surface area contributed by atoms with Crippen molar-refractivity contribution in [3.8, 4) is 0 Å². The van der Waals surface area contributed by atoms with E-state index in [1.165, 1.54) is 0 Å². The van der Waals surface area contributed by atoms with Crippen LogP contribution in [0.15, 0.2) is 60.9 Å². The molecule has 0 radical (unpaired) electrons. The van der Waals surface area contributed by atoms with Gasteiger partial charge in [0.05, 0.1) is 23.4 Å². The van der Waals surface area contributed by atoms with Gasteiger partial charge in [-0.1, -0.05) is 24.3 Å². The number of para-hydroxylation sites is 1. The molecule has 6 rings (SSSR count). The zero-order valence-electron chi connectivity index (χ0n) is 19.3. The quantitative estimate of drug-likeness (QED) is 0.457. The molecule has 3 aromatic rings. The van der Waals surface area contributed by atoms with E-state index in [1.807, 2.05) is 24.4 Å². The molecule has 1 aromatic heterocycles. The second kappa shape index (κ2) is 8.63. The fourth-order valence-electron chi connectivity index (χ4n) is 5.28. The molecular formula is C26H24N6O4. The Hall–Kier alpha value is -4.47. The Morgan fingerprint density at radius 1 is 0.972 bits per heavy atom. The van der Waals surface area contributed by atoms with E-state index in [1.54, 1.807) is 24.4 Å².